The molecule has 3 heterocycles. The number of nitrogens with one attached hydrogen (secondary N) is 1. The van der Waals surface area contributed by atoms with E-state index in [1.54, 1.807) is 0 Å². The van der Waals surface area contributed by atoms with E-state index in [0.717, 1.165) is 72.5 Å². The van der Waals surface area contributed by atoms with Crippen molar-refractivity contribution in [2.24, 2.45) is 0 Å². The van der Waals surface area contributed by atoms with Gasteiger partial charge in [-0.15, -0.1) is 0 Å². The maximum atomic E-state index is 10.0. The van der Waals surface area contributed by atoms with Gasteiger partial charge in [-0.3, -0.25) is 9.30 Å². The number of aromatic nitrogens is 2. The molecule has 4 aromatic rings. The van der Waals surface area contributed by atoms with E-state index >= 15 is 0 Å². The van der Waals surface area contributed by atoms with Gasteiger partial charge in [0.15, 0.2) is 5.65 Å². The zero-order valence-electron chi connectivity index (χ0n) is 16.6. The molecule has 1 aliphatic rings. The van der Waals surface area contributed by atoms with Crippen molar-refractivity contribution >= 4 is 33.3 Å². The van der Waals surface area contributed by atoms with Gasteiger partial charge in [-0.05, 0) is 25.2 Å². The fraction of sp³-hybridized carbons (Fsp3) is 0.304. The largest absolute Gasteiger partial charge is 0.382 e. The highest BCUT2D eigenvalue weighted by molar-refractivity contribution is 6.02. The summed E-state index contributed by atoms with van der Waals surface area (Å²) in [7, 11) is 2.17. The highest BCUT2D eigenvalue weighted by atomic mass is 15.2. The predicted molar refractivity (Wildman–Crippen MR) is 117 cm³/mol. The first-order chi connectivity index (χ1) is 14.3. The molecule has 6 nitrogen and oxygen atoms in total. The second kappa shape index (κ2) is 7.36. The Hall–Kier alpha value is -3.14. The Labute approximate surface area is 170 Å². The molecule has 0 radical (unpaired) electrons. The monoisotopic (exact) mass is 384 g/mol. The molecular weight excluding hydrogens is 360 g/mol. The molecule has 0 atom stereocenters. The van der Waals surface area contributed by atoms with E-state index in [-0.39, 0.29) is 0 Å². The number of rotatable bonds is 4. The molecule has 0 spiro atoms. The summed E-state index contributed by atoms with van der Waals surface area (Å²) >= 11 is 0. The third-order valence-corrected chi connectivity index (χ3v) is 5.89. The van der Waals surface area contributed by atoms with Crippen LogP contribution >= 0.6 is 0 Å². The van der Waals surface area contributed by atoms with E-state index in [0.29, 0.717) is 5.56 Å². The second-order valence-corrected chi connectivity index (χ2v) is 7.71. The zero-order chi connectivity index (χ0) is 19.8. The van der Waals surface area contributed by atoms with Gasteiger partial charge in [0.2, 0.25) is 0 Å². The molecule has 1 aliphatic heterocycles. The van der Waals surface area contributed by atoms with Gasteiger partial charge in [-0.25, -0.2) is 4.98 Å². The molecule has 1 N–H and O–H groups in total. The Morgan fingerprint density at radius 1 is 1.00 bits per heavy atom. The third kappa shape index (κ3) is 3.09. The summed E-state index contributed by atoms with van der Waals surface area (Å²) in [6, 6.07) is 18.7. The second-order valence-electron chi connectivity index (χ2n) is 7.71. The first-order valence-electron chi connectivity index (χ1n) is 10.1. The molecule has 0 saturated carbocycles. The van der Waals surface area contributed by atoms with E-state index in [4.69, 9.17) is 4.98 Å². The quantitative estimate of drug-likeness (QED) is 0.586. The van der Waals surface area contributed by atoms with Crippen LogP contribution in [0.1, 0.15) is 5.56 Å². The molecule has 1 saturated heterocycles. The zero-order valence-corrected chi connectivity index (χ0v) is 16.6. The summed E-state index contributed by atoms with van der Waals surface area (Å²) in [5, 5.41) is 14.6. The van der Waals surface area contributed by atoms with Crippen LogP contribution in [0.5, 0.6) is 0 Å². The molecule has 5 rings (SSSR count). The highest BCUT2D eigenvalue weighted by Gasteiger charge is 2.19. The van der Waals surface area contributed by atoms with E-state index in [1.807, 2.05) is 30.3 Å². The van der Waals surface area contributed by atoms with Gasteiger partial charge in [0.25, 0.3) is 0 Å². The Kier molecular flexibility index (Phi) is 4.55. The Balaban J connectivity index is 1.57. The molecular formula is C23H24N6. The van der Waals surface area contributed by atoms with Crippen molar-refractivity contribution in [1.82, 2.24) is 19.2 Å². The van der Waals surface area contributed by atoms with Crippen LogP contribution in [-0.2, 0) is 0 Å². The molecule has 2 aromatic heterocycles. The maximum absolute atomic E-state index is 10.0. The van der Waals surface area contributed by atoms with Gasteiger partial charge < -0.3 is 10.2 Å². The van der Waals surface area contributed by atoms with Crippen molar-refractivity contribution in [3.63, 3.8) is 0 Å². The summed E-state index contributed by atoms with van der Waals surface area (Å²) in [4.78, 5) is 9.63. The maximum Gasteiger partial charge on any atom is 0.158 e. The number of hydrogen-bond acceptors (Lipinski definition) is 5. The van der Waals surface area contributed by atoms with Crippen LogP contribution in [-0.4, -0.2) is 65.5 Å². The van der Waals surface area contributed by atoms with Crippen molar-refractivity contribution in [3.05, 3.63) is 54.1 Å². The van der Waals surface area contributed by atoms with E-state index < -0.39 is 0 Å². The van der Waals surface area contributed by atoms with Gasteiger partial charge in [0.05, 0.1) is 22.2 Å². The average Bonchev–Trinajstić information content (AvgIpc) is 3.14. The number of benzene rings is 2. The average molecular weight is 384 g/mol. The molecule has 1 fully saturated rings. The first kappa shape index (κ1) is 17.9. The number of nitriles is 1. The molecule has 6 heteroatoms. The van der Waals surface area contributed by atoms with Gasteiger partial charge in [-0.2, -0.15) is 5.26 Å². The van der Waals surface area contributed by atoms with E-state index in [2.05, 4.69) is 50.8 Å². The lowest BCUT2D eigenvalue weighted by Crippen LogP contribution is -2.45. The minimum atomic E-state index is 0.610. The van der Waals surface area contributed by atoms with Crippen molar-refractivity contribution in [2.45, 2.75) is 0 Å². The van der Waals surface area contributed by atoms with Gasteiger partial charge in [0, 0.05) is 44.7 Å². The summed E-state index contributed by atoms with van der Waals surface area (Å²) in [5.74, 6) is 0. The van der Waals surface area contributed by atoms with Crippen LogP contribution in [0.4, 0.5) is 5.69 Å². The Morgan fingerprint density at radius 2 is 1.72 bits per heavy atom. The number of piperazine rings is 1. The minimum absolute atomic E-state index is 0.610. The summed E-state index contributed by atoms with van der Waals surface area (Å²) in [5.41, 5.74) is 5.22. The normalized spacial score (nSPS) is 15.9. The number of nitrogens with zero attached hydrogens (tertiary/aromatic N) is 5. The molecule has 0 unspecified atom stereocenters. The minimum Gasteiger partial charge on any atom is -0.382 e. The first-order valence-corrected chi connectivity index (χ1v) is 10.1. The van der Waals surface area contributed by atoms with Gasteiger partial charge in [-0.1, -0.05) is 30.3 Å². The molecule has 2 aromatic carbocycles. The lowest BCUT2D eigenvalue weighted by Gasteiger charge is -2.32. The number of pyridine rings is 1. The van der Waals surface area contributed by atoms with Gasteiger partial charge in [0.1, 0.15) is 11.6 Å². The van der Waals surface area contributed by atoms with Crippen LogP contribution in [0.3, 0.4) is 0 Å². The number of hydrogen-bond donors (Lipinski definition) is 1. The third-order valence-electron chi connectivity index (χ3n) is 5.89. The summed E-state index contributed by atoms with van der Waals surface area (Å²) in [6.45, 7) is 6.18. The number of fused-ring (bicyclic) bond motifs is 5. The van der Waals surface area contributed by atoms with Gasteiger partial charge >= 0.3 is 0 Å². The fourth-order valence-electron chi connectivity index (χ4n) is 4.26. The fourth-order valence-corrected chi connectivity index (χ4v) is 4.26. The predicted octanol–water partition coefficient (Wildman–Crippen LogP) is 3.17. The summed E-state index contributed by atoms with van der Waals surface area (Å²) in [6.07, 6.45) is 0. The molecule has 146 valence electrons. The molecule has 0 bridgehead atoms. The standard InChI is InChI=1S/C23H24N6/c1-27-12-14-28(15-13-27)11-10-25-22-17-6-2-4-8-20(17)29-21-9-5-3-7-19(21)26-23(29)18(22)16-24/h2-9,25H,10-15H2,1H3. The SMILES string of the molecule is CN1CCN(CCNc2c(C#N)c3nc4ccccc4n3c3ccccc23)CC1. The van der Waals surface area contributed by atoms with Crippen LogP contribution in [0, 0.1) is 11.3 Å². The topological polar surface area (TPSA) is 59.6 Å². The van der Waals surface area contributed by atoms with Crippen LogP contribution in [0.2, 0.25) is 0 Å². The van der Waals surface area contributed by atoms with Crippen LogP contribution in [0.25, 0.3) is 27.6 Å². The Morgan fingerprint density at radius 3 is 2.52 bits per heavy atom. The van der Waals surface area contributed by atoms with Crippen molar-refractivity contribution < 1.29 is 0 Å². The summed E-state index contributed by atoms with van der Waals surface area (Å²) < 4.78 is 2.11. The number of anilines is 1. The van der Waals surface area contributed by atoms with E-state index in [1.165, 1.54) is 0 Å². The van der Waals surface area contributed by atoms with Crippen LogP contribution < -0.4 is 5.32 Å². The number of likely N-dealkylation sites (N-methyl/N-ethyl adjacent to an activating group) is 1. The van der Waals surface area contributed by atoms with E-state index in [9.17, 15) is 5.26 Å². The molecule has 0 aliphatic carbocycles. The Bertz CT molecular complexity index is 1230. The lowest BCUT2D eigenvalue weighted by atomic mass is 10.1. The lowest BCUT2D eigenvalue weighted by molar-refractivity contribution is 0.158. The number of para-hydroxylation sites is 3. The highest BCUT2D eigenvalue weighted by Crippen LogP contribution is 2.33. The molecule has 0 amide bonds. The van der Waals surface area contributed by atoms with Crippen molar-refractivity contribution in [3.8, 4) is 6.07 Å². The molecule has 29 heavy (non-hydrogen) atoms. The van der Waals surface area contributed by atoms with Crippen molar-refractivity contribution in [1.29, 1.82) is 5.26 Å². The number of imidazole rings is 1. The van der Waals surface area contributed by atoms with Crippen LogP contribution in [0.15, 0.2) is 48.5 Å². The van der Waals surface area contributed by atoms with Crippen molar-refractivity contribution in [2.75, 3.05) is 51.6 Å². The smallest absolute Gasteiger partial charge is 0.158 e.